The minimum atomic E-state index is -0.112. The molecule has 0 fully saturated rings. The van der Waals surface area contributed by atoms with Gasteiger partial charge in [0.1, 0.15) is 0 Å². The maximum absolute atomic E-state index is 12.2. The Labute approximate surface area is 125 Å². The van der Waals surface area contributed by atoms with E-state index >= 15 is 0 Å². The van der Waals surface area contributed by atoms with E-state index in [2.05, 4.69) is 10.6 Å². The number of hydrogen-bond donors (Lipinski definition) is 3. The first-order valence-electron chi connectivity index (χ1n) is 7.11. The lowest BCUT2D eigenvalue weighted by molar-refractivity contribution is 0.0954. The molecule has 0 unspecified atom stereocenters. The maximum atomic E-state index is 12.2. The predicted octanol–water partition coefficient (Wildman–Crippen LogP) is 3.46. The van der Waals surface area contributed by atoms with Crippen molar-refractivity contribution >= 4 is 23.0 Å². The van der Waals surface area contributed by atoms with Gasteiger partial charge in [-0.15, -0.1) is 0 Å². The van der Waals surface area contributed by atoms with Crippen molar-refractivity contribution in [3.8, 4) is 0 Å². The summed E-state index contributed by atoms with van der Waals surface area (Å²) in [5, 5.41) is 6.14. The summed E-state index contributed by atoms with van der Waals surface area (Å²) in [5.74, 6) is -0.112. The molecular weight excluding hydrogens is 262 g/mol. The highest BCUT2D eigenvalue weighted by Gasteiger charge is 2.11. The summed E-state index contributed by atoms with van der Waals surface area (Å²) in [5.41, 5.74) is 9.82. The highest BCUT2D eigenvalue weighted by molar-refractivity contribution is 6.01. The van der Waals surface area contributed by atoms with Crippen molar-refractivity contribution in [1.82, 2.24) is 5.32 Å². The van der Waals surface area contributed by atoms with Crippen molar-refractivity contribution in [2.75, 3.05) is 17.6 Å². The zero-order chi connectivity index (χ0) is 15.2. The molecule has 0 saturated carbocycles. The van der Waals surface area contributed by atoms with Crippen LogP contribution in [-0.2, 0) is 0 Å². The second-order valence-corrected chi connectivity index (χ2v) is 5.05. The number of amides is 1. The van der Waals surface area contributed by atoms with Crippen molar-refractivity contribution < 1.29 is 4.79 Å². The molecule has 0 aliphatic carbocycles. The largest absolute Gasteiger partial charge is 0.399 e. The molecule has 4 N–H and O–H groups in total. The smallest absolute Gasteiger partial charge is 0.253 e. The van der Waals surface area contributed by atoms with Crippen molar-refractivity contribution in [1.29, 1.82) is 0 Å². The Balaban J connectivity index is 2.26. The highest BCUT2D eigenvalue weighted by atomic mass is 16.1. The predicted molar refractivity (Wildman–Crippen MR) is 87.9 cm³/mol. The summed E-state index contributed by atoms with van der Waals surface area (Å²) in [4.78, 5) is 12.2. The average molecular weight is 283 g/mol. The Kier molecular flexibility index (Phi) is 4.82. The van der Waals surface area contributed by atoms with Crippen LogP contribution in [-0.4, -0.2) is 12.5 Å². The first-order valence-corrected chi connectivity index (χ1v) is 7.11. The molecule has 0 aliphatic heterocycles. The molecule has 0 radical (unpaired) electrons. The summed E-state index contributed by atoms with van der Waals surface area (Å²) in [6.45, 7) is 4.71. The molecular formula is C17H21N3O. The van der Waals surface area contributed by atoms with Gasteiger partial charge in [0.25, 0.3) is 5.91 Å². The van der Waals surface area contributed by atoms with E-state index in [1.54, 1.807) is 12.1 Å². The van der Waals surface area contributed by atoms with Crippen LogP contribution in [0.4, 0.5) is 17.1 Å². The summed E-state index contributed by atoms with van der Waals surface area (Å²) in [6.07, 6.45) is 0.898. The van der Waals surface area contributed by atoms with Gasteiger partial charge in [0.15, 0.2) is 0 Å². The summed E-state index contributed by atoms with van der Waals surface area (Å²) in [6, 6.07) is 13.3. The number of aryl methyl sites for hydroxylation is 1. The Bertz CT molecular complexity index is 620. The lowest BCUT2D eigenvalue weighted by atomic mass is 10.1. The van der Waals surface area contributed by atoms with Crippen LogP contribution in [0, 0.1) is 6.92 Å². The normalized spacial score (nSPS) is 10.2. The quantitative estimate of drug-likeness (QED) is 0.736. The van der Waals surface area contributed by atoms with E-state index in [0.29, 0.717) is 17.8 Å². The van der Waals surface area contributed by atoms with Crippen LogP contribution in [0.5, 0.6) is 0 Å². The molecule has 0 aromatic heterocycles. The van der Waals surface area contributed by atoms with Gasteiger partial charge in [-0.25, -0.2) is 0 Å². The van der Waals surface area contributed by atoms with Gasteiger partial charge in [-0.1, -0.05) is 24.6 Å². The standard InChI is InChI=1S/C17H21N3O/c1-3-10-19-17(21)15-11-13(18)6-9-16(15)20-14-7-4-12(2)5-8-14/h4-9,11,20H,3,10,18H2,1-2H3,(H,19,21). The third kappa shape index (κ3) is 3.99. The fourth-order valence-electron chi connectivity index (χ4n) is 1.98. The van der Waals surface area contributed by atoms with E-state index in [-0.39, 0.29) is 5.91 Å². The molecule has 21 heavy (non-hydrogen) atoms. The van der Waals surface area contributed by atoms with E-state index in [1.807, 2.05) is 44.2 Å². The number of anilines is 3. The first-order chi connectivity index (χ1) is 10.1. The lowest BCUT2D eigenvalue weighted by Gasteiger charge is -2.13. The summed E-state index contributed by atoms with van der Waals surface area (Å²) in [7, 11) is 0. The lowest BCUT2D eigenvalue weighted by Crippen LogP contribution is -2.24. The Morgan fingerprint density at radius 3 is 2.52 bits per heavy atom. The number of hydrogen-bond acceptors (Lipinski definition) is 3. The second-order valence-electron chi connectivity index (χ2n) is 5.05. The van der Waals surface area contributed by atoms with Gasteiger partial charge in [0, 0.05) is 17.9 Å². The molecule has 0 spiro atoms. The Hall–Kier alpha value is -2.49. The molecule has 0 heterocycles. The van der Waals surface area contributed by atoms with E-state index in [9.17, 15) is 4.79 Å². The second kappa shape index (κ2) is 6.79. The SMILES string of the molecule is CCCNC(=O)c1cc(N)ccc1Nc1ccc(C)cc1. The van der Waals surface area contributed by atoms with Gasteiger partial charge < -0.3 is 16.4 Å². The third-order valence-corrected chi connectivity index (χ3v) is 3.15. The molecule has 0 bridgehead atoms. The molecule has 0 atom stereocenters. The number of benzene rings is 2. The number of carbonyl (C=O) groups excluding carboxylic acids is 1. The molecule has 2 rings (SSSR count). The molecule has 1 amide bonds. The fraction of sp³-hybridized carbons (Fsp3) is 0.235. The Morgan fingerprint density at radius 1 is 1.14 bits per heavy atom. The van der Waals surface area contributed by atoms with Crippen molar-refractivity contribution in [2.24, 2.45) is 0 Å². The van der Waals surface area contributed by atoms with E-state index in [1.165, 1.54) is 5.56 Å². The molecule has 110 valence electrons. The monoisotopic (exact) mass is 283 g/mol. The zero-order valence-corrected chi connectivity index (χ0v) is 12.4. The summed E-state index contributed by atoms with van der Waals surface area (Å²) < 4.78 is 0. The van der Waals surface area contributed by atoms with Crippen LogP contribution >= 0.6 is 0 Å². The van der Waals surface area contributed by atoms with Gasteiger partial charge in [0.2, 0.25) is 0 Å². The van der Waals surface area contributed by atoms with E-state index < -0.39 is 0 Å². The van der Waals surface area contributed by atoms with Gasteiger partial charge in [-0.2, -0.15) is 0 Å². The minimum Gasteiger partial charge on any atom is -0.399 e. The van der Waals surface area contributed by atoms with Gasteiger partial charge in [-0.3, -0.25) is 4.79 Å². The van der Waals surface area contributed by atoms with Crippen LogP contribution < -0.4 is 16.4 Å². The topological polar surface area (TPSA) is 67.2 Å². The van der Waals surface area contributed by atoms with E-state index in [0.717, 1.165) is 17.8 Å². The molecule has 4 nitrogen and oxygen atoms in total. The minimum absolute atomic E-state index is 0.112. The van der Waals surface area contributed by atoms with Crippen molar-refractivity contribution in [2.45, 2.75) is 20.3 Å². The van der Waals surface area contributed by atoms with Gasteiger partial charge >= 0.3 is 0 Å². The zero-order valence-electron chi connectivity index (χ0n) is 12.4. The molecule has 4 heteroatoms. The number of nitrogens with one attached hydrogen (secondary N) is 2. The molecule has 0 aliphatic rings. The number of nitrogens with two attached hydrogens (primary N) is 1. The van der Waals surface area contributed by atoms with Gasteiger partial charge in [-0.05, 0) is 43.7 Å². The number of nitrogen functional groups attached to an aromatic ring is 1. The third-order valence-electron chi connectivity index (χ3n) is 3.15. The van der Waals surface area contributed by atoms with Gasteiger partial charge in [0.05, 0.1) is 11.3 Å². The molecule has 2 aromatic rings. The Morgan fingerprint density at radius 2 is 1.86 bits per heavy atom. The van der Waals surface area contributed by atoms with Crippen LogP contribution in [0.1, 0.15) is 29.3 Å². The highest BCUT2D eigenvalue weighted by Crippen LogP contribution is 2.23. The van der Waals surface area contributed by atoms with Crippen molar-refractivity contribution in [3.05, 3.63) is 53.6 Å². The van der Waals surface area contributed by atoms with Crippen LogP contribution in [0.2, 0.25) is 0 Å². The fourth-order valence-corrected chi connectivity index (χ4v) is 1.98. The number of carbonyl (C=O) groups is 1. The van der Waals surface area contributed by atoms with Crippen LogP contribution in [0.15, 0.2) is 42.5 Å². The van der Waals surface area contributed by atoms with Crippen molar-refractivity contribution in [3.63, 3.8) is 0 Å². The summed E-state index contributed by atoms with van der Waals surface area (Å²) >= 11 is 0. The van der Waals surface area contributed by atoms with Crippen LogP contribution in [0.3, 0.4) is 0 Å². The average Bonchev–Trinajstić information content (AvgIpc) is 2.49. The molecule has 0 saturated heterocycles. The maximum Gasteiger partial charge on any atom is 0.253 e. The number of rotatable bonds is 5. The van der Waals surface area contributed by atoms with Crippen LogP contribution in [0.25, 0.3) is 0 Å². The first kappa shape index (κ1) is 14.9. The molecule has 2 aromatic carbocycles. The van der Waals surface area contributed by atoms with E-state index in [4.69, 9.17) is 5.73 Å².